The Morgan fingerprint density at radius 1 is 1.40 bits per heavy atom. The van der Waals surface area contributed by atoms with Gasteiger partial charge < -0.3 is 10.6 Å². The van der Waals surface area contributed by atoms with E-state index in [0.717, 1.165) is 18.9 Å². The highest BCUT2D eigenvalue weighted by atomic mass is 16.2. The molecule has 1 saturated carbocycles. The molecule has 0 aromatic rings. The van der Waals surface area contributed by atoms with Crippen molar-refractivity contribution >= 4 is 5.91 Å². The van der Waals surface area contributed by atoms with E-state index in [4.69, 9.17) is 0 Å². The van der Waals surface area contributed by atoms with Crippen LogP contribution in [0.15, 0.2) is 0 Å². The highest BCUT2D eigenvalue weighted by Crippen LogP contribution is 2.34. The van der Waals surface area contributed by atoms with E-state index in [0.29, 0.717) is 6.04 Å². The van der Waals surface area contributed by atoms with Crippen LogP contribution in [0.5, 0.6) is 0 Å². The predicted molar refractivity (Wildman–Crippen MR) is 62.7 cm³/mol. The standard InChI is InChI=1S/C12H24N2O/c1-4-6-10-8-11(10)14-9(3)12(15)13-7-5-2/h9-11,14H,4-8H2,1-3H3,(H,13,15). The number of amides is 1. The first-order chi connectivity index (χ1) is 7.19. The summed E-state index contributed by atoms with van der Waals surface area (Å²) in [6, 6.07) is 0.552. The van der Waals surface area contributed by atoms with Gasteiger partial charge in [0.05, 0.1) is 6.04 Å². The molecule has 0 saturated heterocycles. The molecule has 0 aromatic heterocycles. The summed E-state index contributed by atoms with van der Waals surface area (Å²) in [5.74, 6) is 0.954. The largest absolute Gasteiger partial charge is 0.355 e. The summed E-state index contributed by atoms with van der Waals surface area (Å²) in [5, 5.41) is 6.30. The fraction of sp³-hybridized carbons (Fsp3) is 0.917. The topological polar surface area (TPSA) is 41.1 Å². The summed E-state index contributed by atoms with van der Waals surface area (Å²) in [4.78, 5) is 11.6. The van der Waals surface area contributed by atoms with E-state index in [1.807, 2.05) is 6.92 Å². The Balaban J connectivity index is 2.13. The van der Waals surface area contributed by atoms with E-state index in [1.165, 1.54) is 19.3 Å². The fourth-order valence-electron chi connectivity index (χ4n) is 1.94. The average Bonchev–Trinajstić information content (AvgIpc) is 2.93. The first kappa shape index (κ1) is 12.5. The molecule has 3 heteroatoms. The normalized spacial score (nSPS) is 26.1. The van der Waals surface area contributed by atoms with Crippen LogP contribution in [-0.2, 0) is 4.79 Å². The smallest absolute Gasteiger partial charge is 0.236 e. The van der Waals surface area contributed by atoms with Gasteiger partial charge in [-0.25, -0.2) is 0 Å². The number of nitrogens with one attached hydrogen (secondary N) is 2. The molecule has 1 amide bonds. The quantitative estimate of drug-likeness (QED) is 0.674. The number of rotatable bonds is 7. The van der Waals surface area contributed by atoms with E-state index >= 15 is 0 Å². The summed E-state index contributed by atoms with van der Waals surface area (Å²) >= 11 is 0. The van der Waals surface area contributed by atoms with Gasteiger partial charge in [-0.3, -0.25) is 4.79 Å². The second-order valence-corrected chi connectivity index (χ2v) is 4.57. The summed E-state index contributed by atoms with van der Waals surface area (Å²) in [6.45, 7) is 7.02. The molecule has 0 aliphatic heterocycles. The number of hydrogen-bond acceptors (Lipinski definition) is 2. The number of hydrogen-bond donors (Lipinski definition) is 2. The fourth-order valence-corrected chi connectivity index (χ4v) is 1.94. The van der Waals surface area contributed by atoms with Crippen molar-refractivity contribution < 1.29 is 4.79 Å². The van der Waals surface area contributed by atoms with Crippen LogP contribution in [0, 0.1) is 5.92 Å². The van der Waals surface area contributed by atoms with Crippen molar-refractivity contribution in [2.45, 2.75) is 58.5 Å². The minimum atomic E-state index is -0.0385. The predicted octanol–water partition coefficient (Wildman–Crippen LogP) is 1.68. The third kappa shape index (κ3) is 4.20. The number of carbonyl (C=O) groups is 1. The first-order valence-electron chi connectivity index (χ1n) is 6.22. The van der Waals surface area contributed by atoms with Gasteiger partial charge >= 0.3 is 0 Å². The first-order valence-corrected chi connectivity index (χ1v) is 6.22. The third-order valence-corrected chi connectivity index (χ3v) is 2.99. The molecule has 3 unspecified atom stereocenters. The molecule has 0 bridgehead atoms. The van der Waals surface area contributed by atoms with Gasteiger partial charge in [0.25, 0.3) is 0 Å². The van der Waals surface area contributed by atoms with E-state index < -0.39 is 0 Å². The lowest BCUT2D eigenvalue weighted by Gasteiger charge is -2.13. The highest BCUT2D eigenvalue weighted by molar-refractivity contribution is 5.81. The van der Waals surface area contributed by atoms with Gasteiger partial charge in [0.1, 0.15) is 0 Å². The zero-order chi connectivity index (χ0) is 11.3. The second kappa shape index (κ2) is 6.11. The van der Waals surface area contributed by atoms with Gasteiger partial charge in [0.15, 0.2) is 0 Å². The molecule has 0 aromatic carbocycles. The lowest BCUT2D eigenvalue weighted by Crippen LogP contribution is -2.43. The van der Waals surface area contributed by atoms with Gasteiger partial charge in [-0.05, 0) is 32.1 Å². The van der Waals surface area contributed by atoms with Crippen LogP contribution in [0.1, 0.15) is 46.5 Å². The van der Waals surface area contributed by atoms with Crippen LogP contribution in [0.2, 0.25) is 0 Å². The molecule has 1 rings (SSSR count). The van der Waals surface area contributed by atoms with Crippen LogP contribution in [0.25, 0.3) is 0 Å². The second-order valence-electron chi connectivity index (χ2n) is 4.57. The Hall–Kier alpha value is -0.570. The molecular weight excluding hydrogens is 188 g/mol. The average molecular weight is 212 g/mol. The molecule has 1 aliphatic rings. The molecule has 0 radical (unpaired) electrons. The van der Waals surface area contributed by atoms with Gasteiger partial charge in [-0.15, -0.1) is 0 Å². The summed E-state index contributed by atoms with van der Waals surface area (Å²) < 4.78 is 0. The Labute approximate surface area is 93.0 Å². The van der Waals surface area contributed by atoms with Crippen molar-refractivity contribution in [2.75, 3.05) is 6.54 Å². The van der Waals surface area contributed by atoms with Crippen molar-refractivity contribution in [3.05, 3.63) is 0 Å². The van der Waals surface area contributed by atoms with Crippen molar-refractivity contribution in [1.29, 1.82) is 0 Å². The van der Waals surface area contributed by atoms with E-state index in [9.17, 15) is 4.79 Å². The van der Waals surface area contributed by atoms with Crippen LogP contribution in [-0.4, -0.2) is 24.5 Å². The summed E-state index contributed by atoms with van der Waals surface area (Å²) in [5.41, 5.74) is 0. The minimum absolute atomic E-state index is 0.0385. The molecule has 2 N–H and O–H groups in total. The van der Waals surface area contributed by atoms with Crippen LogP contribution < -0.4 is 10.6 Å². The molecule has 1 fully saturated rings. The molecule has 0 heterocycles. The van der Waals surface area contributed by atoms with Gasteiger partial charge in [-0.1, -0.05) is 20.3 Å². The summed E-state index contributed by atoms with van der Waals surface area (Å²) in [7, 11) is 0. The van der Waals surface area contributed by atoms with Crippen molar-refractivity contribution in [2.24, 2.45) is 5.92 Å². The SMILES string of the molecule is CCCNC(=O)C(C)NC1CC1CCC. The van der Waals surface area contributed by atoms with E-state index in [1.54, 1.807) is 0 Å². The molecule has 3 atom stereocenters. The van der Waals surface area contributed by atoms with Crippen LogP contribution in [0.4, 0.5) is 0 Å². The molecular formula is C12H24N2O. The van der Waals surface area contributed by atoms with E-state index in [2.05, 4.69) is 24.5 Å². The number of carbonyl (C=O) groups excluding carboxylic acids is 1. The molecule has 1 aliphatic carbocycles. The molecule has 88 valence electrons. The highest BCUT2D eigenvalue weighted by Gasteiger charge is 2.37. The monoisotopic (exact) mass is 212 g/mol. The maximum Gasteiger partial charge on any atom is 0.236 e. The van der Waals surface area contributed by atoms with E-state index in [-0.39, 0.29) is 11.9 Å². The lowest BCUT2D eigenvalue weighted by molar-refractivity contribution is -0.122. The van der Waals surface area contributed by atoms with Crippen molar-refractivity contribution in [3.8, 4) is 0 Å². The van der Waals surface area contributed by atoms with Crippen molar-refractivity contribution in [3.63, 3.8) is 0 Å². The molecule has 0 spiro atoms. The minimum Gasteiger partial charge on any atom is -0.355 e. The third-order valence-electron chi connectivity index (χ3n) is 2.99. The van der Waals surface area contributed by atoms with Gasteiger partial charge in [0.2, 0.25) is 5.91 Å². The zero-order valence-electron chi connectivity index (χ0n) is 10.2. The zero-order valence-corrected chi connectivity index (χ0v) is 10.2. The Morgan fingerprint density at radius 3 is 2.73 bits per heavy atom. The van der Waals surface area contributed by atoms with Crippen LogP contribution in [0.3, 0.4) is 0 Å². The van der Waals surface area contributed by atoms with Gasteiger partial charge in [0, 0.05) is 12.6 Å². The maximum absolute atomic E-state index is 11.6. The molecule has 15 heavy (non-hydrogen) atoms. The Bertz CT molecular complexity index is 206. The molecule has 3 nitrogen and oxygen atoms in total. The maximum atomic E-state index is 11.6. The summed E-state index contributed by atoms with van der Waals surface area (Å²) in [6.07, 6.45) is 4.79. The Morgan fingerprint density at radius 2 is 2.13 bits per heavy atom. The lowest BCUT2D eigenvalue weighted by atomic mass is 10.2. The van der Waals surface area contributed by atoms with Crippen LogP contribution >= 0.6 is 0 Å². The van der Waals surface area contributed by atoms with Gasteiger partial charge in [-0.2, -0.15) is 0 Å². The van der Waals surface area contributed by atoms with Crippen molar-refractivity contribution in [1.82, 2.24) is 10.6 Å². The Kier molecular flexibility index (Phi) is 5.09.